The summed E-state index contributed by atoms with van der Waals surface area (Å²) < 4.78 is 67.2. The van der Waals surface area contributed by atoms with E-state index < -0.39 is 27.2 Å². The highest BCUT2D eigenvalue weighted by Gasteiger charge is 2.32. The minimum Gasteiger partial charge on any atom is -0.406 e. The van der Waals surface area contributed by atoms with Crippen molar-refractivity contribution in [2.75, 3.05) is 33.7 Å². The Balaban J connectivity index is 1.56. The summed E-state index contributed by atoms with van der Waals surface area (Å²) in [6.07, 6.45) is -2.31. The largest absolute Gasteiger partial charge is 0.573 e. The number of alkyl halides is 3. The number of rotatable bonds is 9. The maximum atomic E-state index is 12.8. The molecule has 0 aliphatic carbocycles. The molecule has 1 aliphatic heterocycles. The van der Waals surface area contributed by atoms with Crippen LogP contribution < -0.4 is 10.1 Å². The predicted octanol–water partition coefficient (Wildman–Crippen LogP) is 3.42. The van der Waals surface area contributed by atoms with Crippen LogP contribution in [-0.4, -0.2) is 69.5 Å². The van der Waals surface area contributed by atoms with Crippen molar-refractivity contribution < 1.29 is 31.1 Å². The van der Waals surface area contributed by atoms with Gasteiger partial charge < -0.3 is 15.0 Å². The van der Waals surface area contributed by atoms with E-state index >= 15 is 0 Å². The van der Waals surface area contributed by atoms with E-state index in [4.69, 9.17) is 11.6 Å². The van der Waals surface area contributed by atoms with Gasteiger partial charge in [0.25, 0.3) is 0 Å². The number of hydrogen-bond donors (Lipinski definition) is 1. The number of amidine groups is 1. The van der Waals surface area contributed by atoms with Crippen LogP contribution in [0.3, 0.4) is 0 Å². The molecule has 194 valence electrons. The van der Waals surface area contributed by atoms with E-state index in [0.717, 1.165) is 52.6 Å². The van der Waals surface area contributed by atoms with Gasteiger partial charge in [-0.3, -0.25) is 9.79 Å². The number of likely N-dealkylation sites (N-methyl/N-ethyl adjacent to an activating group) is 2. The molecule has 1 heterocycles. The summed E-state index contributed by atoms with van der Waals surface area (Å²) in [5, 5.41) is 2.77. The molecule has 0 spiro atoms. The van der Waals surface area contributed by atoms with Crippen LogP contribution in [0.25, 0.3) is 0 Å². The van der Waals surface area contributed by atoms with Gasteiger partial charge in [0.15, 0.2) is 0 Å². The van der Waals surface area contributed by atoms with Crippen LogP contribution in [0.5, 0.6) is 5.75 Å². The normalized spacial score (nSPS) is 14.1. The maximum absolute atomic E-state index is 12.8. The molecule has 0 aromatic heterocycles. The van der Waals surface area contributed by atoms with Gasteiger partial charge in [0.05, 0.1) is 11.6 Å². The molecule has 0 atom stereocenters. The minimum atomic E-state index is -4.93. The van der Waals surface area contributed by atoms with Crippen LogP contribution in [-0.2, 0) is 21.4 Å². The zero-order chi connectivity index (χ0) is 26.5. The average molecular weight is 545 g/mol. The van der Waals surface area contributed by atoms with E-state index in [-0.39, 0.29) is 17.3 Å². The van der Waals surface area contributed by atoms with Crippen molar-refractivity contribution in [3.8, 4) is 5.75 Å². The van der Waals surface area contributed by atoms with Gasteiger partial charge in [-0.2, -0.15) is 4.31 Å². The first-order chi connectivity index (χ1) is 16.9. The quantitative estimate of drug-likeness (QED) is 0.489. The lowest BCUT2D eigenvalue weighted by molar-refractivity contribution is -0.274. The molecule has 0 bridgehead atoms. The summed E-state index contributed by atoms with van der Waals surface area (Å²) >= 11 is 5.89. The minimum absolute atomic E-state index is 0.164. The van der Waals surface area contributed by atoms with Gasteiger partial charge in [-0.15, -0.1) is 13.2 Å². The van der Waals surface area contributed by atoms with Crippen LogP contribution in [0.15, 0.2) is 64.5 Å². The first-order valence-electron chi connectivity index (χ1n) is 10.7. The Morgan fingerprint density at radius 3 is 2.47 bits per heavy atom. The van der Waals surface area contributed by atoms with Crippen molar-refractivity contribution in [2.45, 2.75) is 17.8 Å². The summed E-state index contributed by atoms with van der Waals surface area (Å²) in [4.78, 5) is 17.9. The summed E-state index contributed by atoms with van der Waals surface area (Å²) in [6.45, 7) is 1.74. The van der Waals surface area contributed by atoms with Gasteiger partial charge in [-0.25, -0.2) is 8.42 Å². The monoisotopic (exact) mass is 544 g/mol. The molecule has 13 heteroatoms. The topological polar surface area (TPSA) is 91.3 Å². The Hall–Kier alpha value is -3.09. The van der Waals surface area contributed by atoms with Crippen LogP contribution in [0.1, 0.15) is 11.1 Å². The van der Waals surface area contributed by atoms with Crippen LogP contribution in [0.4, 0.5) is 13.2 Å². The highest BCUT2D eigenvalue weighted by atomic mass is 35.5. The zero-order valence-corrected chi connectivity index (χ0v) is 21.0. The Kier molecular flexibility index (Phi) is 8.64. The second-order valence-electron chi connectivity index (χ2n) is 7.88. The van der Waals surface area contributed by atoms with Gasteiger partial charge in [0.1, 0.15) is 16.5 Å². The molecule has 8 nitrogen and oxygen atoms in total. The number of carbonyl (C=O) groups is 1. The molecule has 2 aromatic rings. The van der Waals surface area contributed by atoms with Crippen molar-refractivity contribution in [1.82, 2.24) is 14.5 Å². The fourth-order valence-electron chi connectivity index (χ4n) is 3.29. The number of benzene rings is 2. The zero-order valence-electron chi connectivity index (χ0n) is 19.4. The number of nitrogens with one attached hydrogen (secondary N) is 1. The third kappa shape index (κ3) is 7.21. The molecular formula is C23H24ClF3N4O4S. The van der Waals surface area contributed by atoms with E-state index in [0.29, 0.717) is 6.54 Å². The third-order valence-corrected chi connectivity index (χ3v) is 7.45. The second-order valence-corrected chi connectivity index (χ2v) is 10.3. The first kappa shape index (κ1) is 27.5. The lowest BCUT2D eigenvalue weighted by Gasteiger charge is -2.18. The van der Waals surface area contributed by atoms with Crippen LogP contribution in [0.2, 0.25) is 5.02 Å². The van der Waals surface area contributed by atoms with Gasteiger partial charge in [0.2, 0.25) is 15.9 Å². The highest BCUT2D eigenvalue weighted by molar-refractivity contribution is 7.89. The molecule has 0 saturated heterocycles. The summed E-state index contributed by atoms with van der Waals surface area (Å²) in [5.41, 5.74) is 1.88. The number of aliphatic imine (C=N–C) groups is 1. The Labute approximate surface area is 212 Å². The van der Waals surface area contributed by atoms with E-state index in [9.17, 15) is 26.4 Å². The molecule has 3 rings (SSSR count). The van der Waals surface area contributed by atoms with Gasteiger partial charge in [-0.1, -0.05) is 41.9 Å². The van der Waals surface area contributed by atoms with Gasteiger partial charge >= 0.3 is 6.36 Å². The fourth-order valence-corrected chi connectivity index (χ4v) is 4.92. The van der Waals surface area contributed by atoms with Crippen molar-refractivity contribution in [3.05, 3.63) is 70.8 Å². The SMILES string of the molecule is CN(Cc1ccc(C2=NCCN2)cc1)C(=O)/C=C/CN(C)S(=O)(=O)c1ccc(OC(F)(F)F)cc1Cl. The molecule has 0 saturated carbocycles. The van der Waals surface area contributed by atoms with E-state index in [1.165, 1.54) is 24.1 Å². The molecule has 2 aromatic carbocycles. The number of ether oxygens (including phenoxy) is 1. The summed E-state index contributed by atoms with van der Waals surface area (Å²) in [6, 6.07) is 10.2. The first-order valence-corrected chi connectivity index (χ1v) is 12.5. The van der Waals surface area contributed by atoms with E-state index in [1.54, 1.807) is 7.05 Å². The van der Waals surface area contributed by atoms with Crippen molar-refractivity contribution >= 4 is 33.4 Å². The maximum Gasteiger partial charge on any atom is 0.573 e. The molecule has 36 heavy (non-hydrogen) atoms. The predicted molar refractivity (Wildman–Crippen MR) is 129 cm³/mol. The van der Waals surface area contributed by atoms with E-state index in [1.807, 2.05) is 24.3 Å². The molecule has 1 aliphatic rings. The third-order valence-electron chi connectivity index (χ3n) is 5.15. The highest BCUT2D eigenvalue weighted by Crippen LogP contribution is 2.31. The Morgan fingerprint density at radius 2 is 1.89 bits per heavy atom. The van der Waals surface area contributed by atoms with E-state index in [2.05, 4.69) is 15.0 Å². The Morgan fingerprint density at radius 1 is 1.19 bits per heavy atom. The van der Waals surface area contributed by atoms with Gasteiger partial charge in [0, 0.05) is 51.4 Å². The van der Waals surface area contributed by atoms with Crippen molar-refractivity contribution in [1.29, 1.82) is 0 Å². The van der Waals surface area contributed by atoms with Gasteiger partial charge in [-0.05, 0) is 17.7 Å². The number of sulfonamides is 1. The number of hydrogen-bond acceptors (Lipinski definition) is 6. The van der Waals surface area contributed by atoms with Crippen LogP contribution >= 0.6 is 11.6 Å². The Bertz CT molecular complexity index is 1270. The lowest BCUT2D eigenvalue weighted by atomic mass is 10.1. The molecule has 1 amide bonds. The van der Waals surface area contributed by atoms with Crippen molar-refractivity contribution in [2.24, 2.45) is 4.99 Å². The lowest BCUT2D eigenvalue weighted by Crippen LogP contribution is -2.28. The summed E-state index contributed by atoms with van der Waals surface area (Å²) in [5.74, 6) is -0.125. The number of halogens is 4. The number of nitrogens with zero attached hydrogens (tertiary/aromatic N) is 3. The molecule has 1 N–H and O–H groups in total. The summed E-state index contributed by atoms with van der Waals surface area (Å²) in [7, 11) is -1.26. The fraction of sp³-hybridized carbons (Fsp3) is 0.304. The number of amides is 1. The average Bonchev–Trinajstić information content (AvgIpc) is 3.33. The van der Waals surface area contributed by atoms with Crippen LogP contribution in [0, 0.1) is 0 Å². The molecular weight excluding hydrogens is 521 g/mol. The molecule has 0 unspecified atom stereocenters. The molecule has 0 radical (unpaired) electrons. The smallest absolute Gasteiger partial charge is 0.406 e. The second kappa shape index (κ2) is 11.3. The number of carbonyl (C=O) groups excluding carboxylic acids is 1. The standard InChI is InChI=1S/C23H24ClF3N4O4S/c1-30(15-16-5-7-17(8-6-16)22-28-11-12-29-22)21(32)4-3-13-31(2)36(33,34)20-10-9-18(14-19(20)24)35-23(25,26)27/h3-10,14H,11-13,15H2,1-2H3,(H,28,29)/b4-3+. The molecule has 0 fully saturated rings. The van der Waals surface area contributed by atoms with Crippen molar-refractivity contribution in [3.63, 3.8) is 0 Å².